The standard InChI is InChI=1S/C16H15BrN2OS/c1-10-9-12(17)7-8-13(10)16(20)19-14(15(18)21)11-5-3-2-4-6-11/h2-9,14H,1H3,(H2,18,21)(H,19,20). The normalized spacial score (nSPS) is 11.7. The number of carbonyl (C=O) groups is 1. The number of hydrogen-bond donors (Lipinski definition) is 2. The number of nitrogens with two attached hydrogens (primary N) is 1. The number of rotatable bonds is 4. The quantitative estimate of drug-likeness (QED) is 0.818. The maximum absolute atomic E-state index is 12.4. The summed E-state index contributed by atoms with van der Waals surface area (Å²) in [5.74, 6) is -0.193. The Balaban J connectivity index is 2.25. The van der Waals surface area contributed by atoms with Gasteiger partial charge in [0, 0.05) is 10.0 Å². The van der Waals surface area contributed by atoms with E-state index in [1.54, 1.807) is 6.07 Å². The molecule has 3 nitrogen and oxygen atoms in total. The van der Waals surface area contributed by atoms with Crippen molar-refractivity contribution in [1.82, 2.24) is 5.32 Å². The molecule has 0 aliphatic rings. The van der Waals surface area contributed by atoms with Crippen molar-refractivity contribution in [3.63, 3.8) is 0 Å². The average Bonchev–Trinajstić information content (AvgIpc) is 2.45. The Bertz CT molecular complexity index is 673. The van der Waals surface area contributed by atoms with Crippen LogP contribution in [-0.2, 0) is 0 Å². The Morgan fingerprint density at radius 3 is 2.48 bits per heavy atom. The van der Waals surface area contributed by atoms with Crippen LogP contribution in [-0.4, -0.2) is 10.9 Å². The summed E-state index contributed by atoms with van der Waals surface area (Å²) in [7, 11) is 0. The van der Waals surface area contributed by atoms with Gasteiger partial charge in [-0.25, -0.2) is 0 Å². The molecule has 2 aromatic carbocycles. The Labute approximate surface area is 137 Å². The minimum absolute atomic E-state index is 0.193. The molecule has 3 N–H and O–H groups in total. The zero-order valence-electron chi connectivity index (χ0n) is 11.5. The van der Waals surface area contributed by atoms with Crippen molar-refractivity contribution in [3.05, 3.63) is 69.7 Å². The van der Waals surface area contributed by atoms with Gasteiger partial charge in [-0.05, 0) is 36.2 Å². The van der Waals surface area contributed by atoms with Crippen molar-refractivity contribution in [3.8, 4) is 0 Å². The molecule has 1 atom stereocenters. The first-order valence-electron chi connectivity index (χ1n) is 6.40. The molecule has 1 unspecified atom stereocenters. The highest BCUT2D eigenvalue weighted by atomic mass is 79.9. The van der Waals surface area contributed by atoms with E-state index in [0.717, 1.165) is 15.6 Å². The molecule has 1 amide bonds. The first-order valence-corrected chi connectivity index (χ1v) is 7.60. The Hall–Kier alpha value is -1.72. The summed E-state index contributed by atoms with van der Waals surface area (Å²) >= 11 is 8.46. The fraction of sp³-hybridized carbons (Fsp3) is 0.125. The smallest absolute Gasteiger partial charge is 0.252 e. The molecule has 0 heterocycles. The molecule has 108 valence electrons. The van der Waals surface area contributed by atoms with Crippen LogP contribution in [0.4, 0.5) is 0 Å². The van der Waals surface area contributed by atoms with E-state index in [1.165, 1.54) is 0 Å². The Morgan fingerprint density at radius 1 is 1.24 bits per heavy atom. The van der Waals surface area contributed by atoms with Crippen LogP contribution in [0.5, 0.6) is 0 Å². The lowest BCUT2D eigenvalue weighted by Gasteiger charge is -2.18. The van der Waals surface area contributed by atoms with E-state index < -0.39 is 6.04 Å². The molecule has 0 bridgehead atoms. The predicted octanol–water partition coefficient (Wildman–Crippen LogP) is 3.51. The second kappa shape index (κ2) is 6.83. The van der Waals surface area contributed by atoms with Crippen LogP contribution in [0.1, 0.15) is 27.5 Å². The molecule has 0 aromatic heterocycles. The van der Waals surface area contributed by atoms with Crippen LogP contribution in [0.25, 0.3) is 0 Å². The number of halogens is 1. The van der Waals surface area contributed by atoms with Gasteiger partial charge in [0.15, 0.2) is 0 Å². The third-order valence-electron chi connectivity index (χ3n) is 3.13. The first-order chi connectivity index (χ1) is 9.99. The fourth-order valence-electron chi connectivity index (χ4n) is 2.05. The van der Waals surface area contributed by atoms with Gasteiger partial charge < -0.3 is 11.1 Å². The molecule has 0 aliphatic heterocycles. The highest BCUT2D eigenvalue weighted by Gasteiger charge is 2.19. The Kier molecular flexibility index (Phi) is 5.09. The molecular weight excluding hydrogens is 348 g/mol. The van der Waals surface area contributed by atoms with E-state index in [2.05, 4.69) is 21.2 Å². The largest absolute Gasteiger partial charge is 0.391 e. The van der Waals surface area contributed by atoms with Crippen LogP contribution >= 0.6 is 28.1 Å². The minimum atomic E-state index is -0.475. The third kappa shape index (κ3) is 3.89. The highest BCUT2D eigenvalue weighted by molar-refractivity contribution is 9.10. The summed E-state index contributed by atoms with van der Waals surface area (Å²) in [6.07, 6.45) is 0. The van der Waals surface area contributed by atoms with Gasteiger partial charge in [-0.15, -0.1) is 0 Å². The van der Waals surface area contributed by atoms with E-state index in [9.17, 15) is 4.79 Å². The van der Waals surface area contributed by atoms with Crippen molar-refractivity contribution in [2.75, 3.05) is 0 Å². The molecule has 0 radical (unpaired) electrons. The SMILES string of the molecule is Cc1cc(Br)ccc1C(=O)NC(C(N)=S)c1ccccc1. The zero-order valence-corrected chi connectivity index (χ0v) is 13.9. The number of nitrogens with one attached hydrogen (secondary N) is 1. The van der Waals surface area contributed by atoms with Crippen molar-refractivity contribution in [1.29, 1.82) is 0 Å². The van der Waals surface area contributed by atoms with Crippen LogP contribution in [0, 0.1) is 6.92 Å². The summed E-state index contributed by atoms with van der Waals surface area (Å²) in [6, 6.07) is 14.5. The molecule has 2 rings (SSSR count). The van der Waals surface area contributed by atoms with E-state index in [4.69, 9.17) is 18.0 Å². The number of hydrogen-bond acceptors (Lipinski definition) is 2. The van der Waals surface area contributed by atoms with Crippen molar-refractivity contribution < 1.29 is 4.79 Å². The minimum Gasteiger partial charge on any atom is -0.391 e. The number of carbonyl (C=O) groups excluding carboxylic acids is 1. The van der Waals surface area contributed by atoms with Crippen LogP contribution < -0.4 is 11.1 Å². The fourth-order valence-corrected chi connectivity index (χ4v) is 2.73. The van der Waals surface area contributed by atoms with Crippen molar-refractivity contribution in [2.45, 2.75) is 13.0 Å². The summed E-state index contributed by atoms with van der Waals surface area (Å²) in [4.78, 5) is 12.7. The van der Waals surface area contributed by atoms with Crippen LogP contribution in [0.2, 0.25) is 0 Å². The number of thiocarbonyl (C=S) groups is 1. The van der Waals surface area contributed by atoms with E-state index in [-0.39, 0.29) is 10.9 Å². The average molecular weight is 363 g/mol. The number of benzene rings is 2. The summed E-state index contributed by atoms with van der Waals surface area (Å²) in [5.41, 5.74) is 8.13. The molecule has 0 saturated heterocycles. The molecule has 5 heteroatoms. The van der Waals surface area contributed by atoms with E-state index >= 15 is 0 Å². The second-order valence-corrected chi connectivity index (χ2v) is 6.07. The maximum atomic E-state index is 12.4. The van der Waals surface area contributed by atoms with Crippen molar-refractivity contribution >= 4 is 39.0 Å². The maximum Gasteiger partial charge on any atom is 0.252 e. The highest BCUT2D eigenvalue weighted by Crippen LogP contribution is 2.18. The predicted molar refractivity (Wildman–Crippen MR) is 92.3 cm³/mol. The van der Waals surface area contributed by atoms with Crippen molar-refractivity contribution in [2.24, 2.45) is 5.73 Å². The second-order valence-electron chi connectivity index (χ2n) is 4.68. The number of amides is 1. The number of aryl methyl sites for hydroxylation is 1. The van der Waals surface area contributed by atoms with Gasteiger partial charge >= 0.3 is 0 Å². The molecular formula is C16H15BrN2OS. The van der Waals surface area contributed by atoms with E-state index in [0.29, 0.717) is 5.56 Å². The summed E-state index contributed by atoms with van der Waals surface area (Å²) in [5, 5.41) is 2.89. The van der Waals surface area contributed by atoms with Gasteiger partial charge in [0.2, 0.25) is 0 Å². The van der Waals surface area contributed by atoms with Gasteiger partial charge in [-0.3, -0.25) is 4.79 Å². The summed E-state index contributed by atoms with van der Waals surface area (Å²) < 4.78 is 0.936. The molecule has 0 spiro atoms. The lowest BCUT2D eigenvalue weighted by Crippen LogP contribution is -2.36. The lowest BCUT2D eigenvalue weighted by molar-refractivity contribution is 0.0946. The van der Waals surface area contributed by atoms with Gasteiger partial charge in [0.1, 0.15) is 11.0 Å². The topological polar surface area (TPSA) is 55.1 Å². The molecule has 0 aliphatic carbocycles. The Morgan fingerprint density at radius 2 is 1.90 bits per heavy atom. The molecule has 0 fully saturated rings. The molecule has 2 aromatic rings. The first kappa shape index (κ1) is 15.7. The van der Waals surface area contributed by atoms with Gasteiger partial charge in [0.25, 0.3) is 5.91 Å². The van der Waals surface area contributed by atoms with Crippen LogP contribution in [0.3, 0.4) is 0 Å². The third-order valence-corrected chi connectivity index (χ3v) is 3.85. The summed E-state index contributed by atoms with van der Waals surface area (Å²) in [6.45, 7) is 1.89. The lowest BCUT2D eigenvalue weighted by atomic mass is 10.0. The van der Waals surface area contributed by atoms with E-state index in [1.807, 2.05) is 49.4 Å². The van der Waals surface area contributed by atoms with Gasteiger partial charge in [0.05, 0.1) is 0 Å². The molecule has 21 heavy (non-hydrogen) atoms. The molecule has 0 saturated carbocycles. The monoisotopic (exact) mass is 362 g/mol. The van der Waals surface area contributed by atoms with Gasteiger partial charge in [-0.1, -0.05) is 58.5 Å². The van der Waals surface area contributed by atoms with Gasteiger partial charge in [-0.2, -0.15) is 0 Å². The van der Waals surface area contributed by atoms with Crippen LogP contribution in [0.15, 0.2) is 53.0 Å². The zero-order chi connectivity index (χ0) is 15.4.